The second kappa shape index (κ2) is 58.3. The molecule has 0 fully saturated rings. The third-order valence-corrected chi connectivity index (χ3v) is 34.0. The molecule has 7 aromatic heterocycles. The van der Waals surface area contributed by atoms with Gasteiger partial charge in [-0.25, -0.2) is 16.8 Å². The molecule has 0 atom stereocenters. The zero-order valence-electron chi connectivity index (χ0n) is 76.4. The smallest absolute Gasteiger partial charge is 0.272 e. The van der Waals surface area contributed by atoms with E-state index in [0.29, 0.717) is 49.7 Å². The summed E-state index contributed by atoms with van der Waals surface area (Å²) in [5.74, 6) is 9.83. The van der Waals surface area contributed by atoms with Gasteiger partial charge in [-0.2, -0.15) is 10.2 Å². The molecular formula is C86H119N27O7S12. The zero-order valence-corrected chi connectivity index (χ0v) is 86.2. The van der Waals surface area contributed by atoms with Crippen molar-refractivity contribution in [3.63, 3.8) is 0 Å². The van der Waals surface area contributed by atoms with Crippen molar-refractivity contribution < 1.29 is 31.2 Å². The molecule has 0 aliphatic rings. The van der Waals surface area contributed by atoms with Crippen LogP contribution in [0.3, 0.4) is 0 Å². The minimum atomic E-state index is -3.60. The van der Waals surface area contributed by atoms with E-state index in [0.717, 1.165) is 184 Å². The van der Waals surface area contributed by atoms with Crippen molar-refractivity contribution in [1.82, 2.24) is 136 Å². The van der Waals surface area contributed by atoms with Crippen LogP contribution in [0.5, 0.6) is 0 Å². The van der Waals surface area contributed by atoms with Crippen molar-refractivity contribution in [2.45, 2.75) is 98.9 Å². The Morgan fingerprint density at radius 2 is 0.636 bits per heavy atom. The van der Waals surface area contributed by atoms with E-state index < -0.39 is 19.7 Å². The van der Waals surface area contributed by atoms with Crippen LogP contribution >= 0.6 is 108 Å². The van der Waals surface area contributed by atoms with E-state index in [2.05, 4.69) is 183 Å². The van der Waals surface area contributed by atoms with Crippen LogP contribution < -0.4 is 16.0 Å². The van der Waals surface area contributed by atoms with Gasteiger partial charge < -0.3 is 40.4 Å². The summed E-state index contributed by atoms with van der Waals surface area (Å²) in [4.78, 5) is 48.7. The standard InChI is InChI=1S/C20H25N5OS2.C18H25N7OS2.C17H23N7OS2.C16H24N4O2S3.C15H22N4O2S3/c1-24(2)10-12-27-28-13-11-25-15-17(22-23-25)14-21-20(26)19-9-5-7-16-6-3-4-8-18(16)19;1-24(2)9-11-28-27-10-5-8-25-13-14(20-23-25)12-19-18(26)17-15-6-3-4-7-16(15)21-22-17;1-23(2)7-9-26-27-10-8-24-12-13(19-22-24)11-18-17(25)16-14-5-3-4-6-15(14)20-21-16;1-14-5-7-15(8-6-14)25(21,22)16-13-20(18-17-16)9-4-11-23-24-12-10-19(2)3;1-13-4-6-14(7-5-13)24(20,21)15-12-19(17-16-15)9-11-23-22-10-8-18(2)3/h3-9,15H,10-14H2,1-2H3,(H,21,26);3-4,6-7,13H,5,8-12H2,1-2H3,(H,19,26)(H,21,22);3-6,12H,7-11H2,1-2H3,(H,18,25)(H,20,21);5-8,13H,4,9-12H2,1-3H3;4-7,12H,8-11H2,1-3H3. The summed E-state index contributed by atoms with van der Waals surface area (Å²) in [7, 11) is 32.0. The third-order valence-electron chi connectivity index (χ3n) is 18.7. The van der Waals surface area contributed by atoms with Crippen LogP contribution in [0.1, 0.15) is 72.4 Å². The lowest BCUT2D eigenvalue weighted by Crippen LogP contribution is -2.23. The number of aromatic nitrogens is 19. The number of sulfone groups is 2. The number of aromatic amines is 2. The first-order valence-electron chi connectivity index (χ1n) is 42.4. The molecule has 6 aromatic carbocycles. The number of hydrogen-bond donors (Lipinski definition) is 5. The monoisotopic (exact) mass is 2030 g/mol. The molecule has 13 rings (SSSR count). The number of amides is 3. The molecular weight excluding hydrogens is 1910 g/mol. The van der Waals surface area contributed by atoms with Gasteiger partial charge in [-0.1, -0.05) is 242 Å². The first kappa shape index (κ1) is 107. The molecule has 132 heavy (non-hydrogen) atoms. The van der Waals surface area contributed by atoms with E-state index >= 15 is 0 Å². The lowest BCUT2D eigenvalue weighted by atomic mass is 10.0. The van der Waals surface area contributed by atoms with E-state index in [1.807, 2.05) is 224 Å². The van der Waals surface area contributed by atoms with E-state index in [1.54, 1.807) is 79.5 Å². The topological polar surface area (TPSA) is 383 Å². The lowest BCUT2D eigenvalue weighted by molar-refractivity contribution is 0.0939. The summed E-state index contributed by atoms with van der Waals surface area (Å²) in [6.07, 6.45) is 10.6. The Bertz CT molecular complexity index is 5810. The Hall–Kier alpha value is -8.17. The second-order valence-corrected chi connectivity index (χ2v) is 48.2. The van der Waals surface area contributed by atoms with Gasteiger partial charge in [0.25, 0.3) is 17.7 Å². The Morgan fingerprint density at radius 3 is 1.02 bits per heavy atom. The van der Waals surface area contributed by atoms with Gasteiger partial charge in [0.1, 0.15) is 17.1 Å². The summed E-state index contributed by atoms with van der Waals surface area (Å²) in [5, 5.41) is 66.6. The maximum atomic E-state index is 12.6. The molecule has 3 amide bonds. The summed E-state index contributed by atoms with van der Waals surface area (Å²) < 4.78 is 58.7. The molecule has 34 nitrogen and oxygen atoms in total. The first-order valence-corrected chi connectivity index (χ1v) is 57.8. The number of carbonyl (C=O) groups excluding carboxylic acids is 3. The van der Waals surface area contributed by atoms with Crippen LogP contribution in [0, 0.1) is 13.8 Å². The Kier molecular flexibility index (Phi) is 47.5. The fraction of sp³-hybridized carbons (Fsp3) is 0.430. The number of H-pyrrole nitrogens is 2. The molecule has 0 aliphatic carbocycles. The van der Waals surface area contributed by atoms with Gasteiger partial charge in [0, 0.05) is 120 Å². The minimum absolute atomic E-state index is 0.00314. The van der Waals surface area contributed by atoms with E-state index in [1.165, 1.54) is 12.4 Å². The average Bonchev–Trinajstić information content (AvgIpc) is 0.974. The first-order chi connectivity index (χ1) is 63.7. The van der Waals surface area contributed by atoms with Crippen molar-refractivity contribution in [3.05, 3.63) is 216 Å². The Balaban J connectivity index is 0.000000186. The van der Waals surface area contributed by atoms with Crippen LogP contribution in [-0.2, 0) is 72.0 Å². The van der Waals surface area contributed by atoms with Gasteiger partial charge in [0.15, 0.2) is 11.4 Å². The van der Waals surface area contributed by atoms with Crippen LogP contribution in [0.4, 0.5) is 0 Å². The van der Waals surface area contributed by atoms with Crippen LogP contribution in [0.15, 0.2) is 190 Å². The fourth-order valence-electron chi connectivity index (χ4n) is 11.4. The minimum Gasteiger partial charge on any atom is -0.346 e. The molecule has 7 heterocycles. The largest absolute Gasteiger partial charge is 0.346 e. The number of carbonyl (C=O) groups is 3. The van der Waals surface area contributed by atoms with Gasteiger partial charge >= 0.3 is 0 Å². The van der Waals surface area contributed by atoms with Gasteiger partial charge in [-0.05, 0) is 150 Å². The molecule has 0 unspecified atom stereocenters. The maximum absolute atomic E-state index is 12.6. The molecule has 5 N–H and O–H groups in total. The van der Waals surface area contributed by atoms with Crippen molar-refractivity contribution >= 4 is 178 Å². The highest BCUT2D eigenvalue weighted by molar-refractivity contribution is 8.77. The van der Waals surface area contributed by atoms with Crippen molar-refractivity contribution in [1.29, 1.82) is 0 Å². The Labute approximate surface area is 813 Å². The van der Waals surface area contributed by atoms with E-state index in [-0.39, 0.29) is 37.6 Å². The van der Waals surface area contributed by atoms with Crippen molar-refractivity contribution in [2.24, 2.45) is 0 Å². The summed E-state index contributed by atoms with van der Waals surface area (Å²) in [6.45, 7) is 14.0. The number of para-hydroxylation sites is 2. The molecule has 46 heteroatoms. The molecule has 0 radical (unpaired) electrons. The zero-order chi connectivity index (χ0) is 94.5. The fourth-order valence-corrected chi connectivity index (χ4v) is 24.4. The number of benzene rings is 6. The number of hydrogen-bond acceptors (Lipinski definition) is 34. The van der Waals surface area contributed by atoms with Crippen LogP contribution in [0.2, 0.25) is 0 Å². The van der Waals surface area contributed by atoms with Gasteiger partial charge in [-0.15, -0.1) is 25.5 Å². The second-order valence-electron chi connectivity index (χ2n) is 30.9. The molecule has 0 bridgehead atoms. The molecule has 0 spiro atoms. The molecule has 0 saturated carbocycles. The summed E-state index contributed by atoms with van der Waals surface area (Å²) >= 11 is 0. The maximum Gasteiger partial charge on any atom is 0.272 e. The number of nitrogens with one attached hydrogen (secondary N) is 5. The number of nitrogens with zero attached hydrogens (tertiary/aromatic N) is 22. The molecule has 0 saturated heterocycles. The Morgan fingerprint density at radius 1 is 0.333 bits per heavy atom. The van der Waals surface area contributed by atoms with Crippen LogP contribution in [-0.4, -0.2) is 315 Å². The average molecular weight is 2030 g/mol. The van der Waals surface area contributed by atoms with Gasteiger partial charge in [-0.3, -0.25) is 48.0 Å². The predicted molar refractivity (Wildman–Crippen MR) is 550 cm³/mol. The van der Waals surface area contributed by atoms with Gasteiger partial charge in [0.05, 0.1) is 91.1 Å². The predicted octanol–water partition coefficient (Wildman–Crippen LogP) is 12.9. The molecule has 712 valence electrons. The van der Waals surface area contributed by atoms with E-state index in [4.69, 9.17) is 0 Å². The SMILES string of the molecule is CN(C)CCSSCCCn1cc(CNC(=O)c2n[nH]c3ccccc23)nn1.CN(C)CCSSCCn1cc(CNC(=O)c2cccc3ccccc23)nn1.CN(C)CCSSCCn1cc(CNC(=O)c2n[nH]c3ccccc23)nn1.Cc1ccc(S(=O)(=O)c2cn(CCCSSCCN(C)C)nn2)cc1.Cc1ccc(S(=O)(=O)c2cn(CCSSCCN(C)C)nn2)cc1. The number of fused-ring (bicyclic) bond motifs is 3. The molecule has 13 aromatic rings. The van der Waals surface area contributed by atoms with E-state index in [9.17, 15) is 31.2 Å². The molecule has 0 aliphatic heterocycles. The number of rotatable bonds is 50. The van der Waals surface area contributed by atoms with Crippen LogP contribution in [0.25, 0.3) is 32.6 Å². The van der Waals surface area contributed by atoms with Crippen molar-refractivity contribution in [3.8, 4) is 0 Å². The third kappa shape index (κ3) is 38.2. The highest BCUT2D eigenvalue weighted by atomic mass is 33.1. The quantitative estimate of drug-likeness (QED) is 0.0175. The number of aryl methyl sites for hydroxylation is 7. The lowest BCUT2D eigenvalue weighted by Gasteiger charge is -2.07. The van der Waals surface area contributed by atoms with Gasteiger partial charge in [0.2, 0.25) is 29.7 Å². The summed E-state index contributed by atoms with van der Waals surface area (Å²) in [5.41, 5.74) is 7.41. The highest BCUT2D eigenvalue weighted by Gasteiger charge is 2.24. The van der Waals surface area contributed by atoms with Crippen molar-refractivity contribution in [2.75, 3.05) is 161 Å². The summed E-state index contributed by atoms with van der Waals surface area (Å²) in [6, 6.07) is 42.3. The highest BCUT2D eigenvalue weighted by Crippen LogP contribution is 2.28. The normalized spacial score (nSPS) is 11.6.